The molecule has 0 radical (unpaired) electrons. The molecule has 1 aromatic rings. The van der Waals surface area contributed by atoms with E-state index in [-0.39, 0.29) is 5.56 Å². The third-order valence-electron chi connectivity index (χ3n) is 3.91. The summed E-state index contributed by atoms with van der Waals surface area (Å²) < 4.78 is 1.94. The topological polar surface area (TPSA) is 56.7 Å². The number of carboxylic acid groups (broad SMARTS) is 1. The minimum Gasteiger partial charge on any atom is -0.478 e. The summed E-state index contributed by atoms with van der Waals surface area (Å²) in [6.45, 7) is 7.38. The lowest BCUT2D eigenvalue weighted by molar-refractivity contribution is 0.0697. The molecule has 22 heavy (non-hydrogen) atoms. The summed E-state index contributed by atoms with van der Waals surface area (Å²) in [5, 5.41) is 9.75. The molecule has 5 nitrogen and oxygen atoms in total. The fourth-order valence-corrected chi connectivity index (χ4v) is 3.29. The largest absolute Gasteiger partial charge is 0.478 e. The molecule has 0 bridgehead atoms. The molecule has 0 aliphatic heterocycles. The molecule has 1 saturated carbocycles. The highest BCUT2D eigenvalue weighted by molar-refractivity contribution is 8.01. The van der Waals surface area contributed by atoms with E-state index in [4.69, 9.17) is 0 Å². The molecule has 0 spiro atoms. The molecule has 1 N–H and O–H groups in total. The van der Waals surface area contributed by atoms with Crippen molar-refractivity contribution in [2.24, 2.45) is 11.8 Å². The minimum atomic E-state index is -0.916. The number of rotatable bonds is 7. The first-order valence-corrected chi connectivity index (χ1v) is 8.48. The summed E-state index contributed by atoms with van der Waals surface area (Å²) in [5.74, 6) is 1.96. The van der Waals surface area contributed by atoms with Gasteiger partial charge in [-0.05, 0) is 42.3 Å². The van der Waals surface area contributed by atoms with Crippen molar-refractivity contribution in [2.45, 2.75) is 32.4 Å². The standard InChI is InChI=1S/C16H25N3O2S/c1-10(2)22-19(5)15-8-12(16(20)21)7-14(17-15)18(4)9-13-6-11(13)3/h7-8,10-11,13H,6,9H2,1-5H3,(H,20,21)/t11-,13?/m0/s1. The van der Waals surface area contributed by atoms with Crippen LogP contribution in [-0.2, 0) is 0 Å². The molecule has 6 heteroatoms. The molecule has 0 saturated heterocycles. The molecule has 2 atom stereocenters. The molecule has 1 aromatic heterocycles. The van der Waals surface area contributed by atoms with E-state index in [9.17, 15) is 9.90 Å². The summed E-state index contributed by atoms with van der Waals surface area (Å²) in [6.07, 6.45) is 1.25. The summed E-state index contributed by atoms with van der Waals surface area (Å²) in [7, 11) is 3.91. The van der Waals surface area contributed by atoms with Crippen molar-refractivity contribution in [3.05, 3.63) is 17.7 Å². The normalized spacial score (nSPS) is 20.1. The van der Waals surface area contributed by atoms with Gasteiger partial charge in [-0.2, -0.15) is 0 Å². The maximum absolute atomic E-state index is 11.4. The smallest absolute Gasteiger partial charge is 0.335 e. The second-order valence-electron chi connectivity index (χ2n) is 6.38. The number of carboxylic acids is 1. The quantitative estimate of drug-likeness (QED) is 0.777. The highest BCUT2D eigenvalue weighted by Gasteiger charge is 2.33. The third kappa shape index (κ3) is 4.29. The summed E-state index contributed by atoms with van der Waals surface area (Å²) >= 11 is 1.63. The second kappa shape index (κ2) is 6.77. The second-order valence-corrected chi connectivity index (χ2v) is 8.08. The Morgan fingerprint density at radius 3 is 2.50 bits per heavy atom. The number of aromatic nitrogens is 1. The molecule has 0 amide bonds. The van der Waals surface area contributed by atoms with E-state index in [2.05, 4.69) is 30.7 Å². The molecule has 122 valence electrons. The Kier molecular flexibility index (Phi) is 5.21. The van der Waals surface area contributed by atoms with Crippen molar-refractivity contribution in [2.75, 3.05) is 29.8 Å². The van der Waals surface area contributed by atoms with Gasteiger partial charge in [0, 0.05) is 25.9 Å². The summed E-state index contributed by atoms with van der Waals surface area (Å²) in [6, 6.07) is 3.29. The van der Waals surface area contributed by atoms with Crippen LogP contribution in [0.4, 0.5) is 11.6 Å². The van der Waals surface area contributed by atoms with Gasteiger partial charge in [0.05, 0.1) is 5.56 Å². The van der Waals surface area contributed by atoms with Crippen LogP contribution in [0.15, 0.2) is 12.1 Å². The zero-order chi connectivity index (χ0) is 16.4. The van der Waals surface area contributed by atoms with Crippen LogP contribution >= 0.6 is 11.9 Å². The molecule has 1 heterocycles. The number of hydrogen-bond donors (Lipinski definition) is 1. The molecular formula is C16H25N3O2S. The first kappa shape index (κ1) is 16.9. The molecular weight excluding hydrogens is 298 g/mol. The van der Waals surface area contributed by atoms with Crippen molar-refractivity contribution >= 4 is 29.6 Å². The van der Waals surface area contributed by atoms with Crippen molar-refractivity contribution in [3.63, 3.8) is 0 Å². The maximum atomic E-state index is 11.4. The number of pyridine rings is 1. The van der Waals surface area contributed by atoms with E-state index in [0.29, 0.717) is 17.0 Å². The molecule has 0 aromatic carbocycles. The van der Waals surface area contributed by atoms with Crippen molar-refractivity contribution in [1.29, 1.82) is 0 Å². The molecule has 1 fully saturated rings. The molecule has 1 unspecified atom stereocenters. The highest BCUT2D eigenvalue weighted by atomic mass is 32.2. The van der Waals surface area contributed by atoms with E-state index in [1.807, 2.05) is 18.4 Å². The zero-order valence-electron chi connectivity index (χ0n) is 13.9. The number of aromatic carboxylic acids is 1. The number of carbonyl (C=O) groups is 1. The lowest BCUT2D eigenvalue weighted by atomic mass is 10.2. The Morgan fingerprint density at radius 2 is 2.00 bits per heavy atom. The van der Waals surface area contributed by atoms with Crippen LogP contribution in [0, 0.1) is 11.8 Å². The predicted molar refractivity (Wildman–Crippen MR) is 92.9 cm³/mol. The van der Waals surface area contributed by atoms with Crippen molar-refractivity contribution in [1.82, 2.24) is 4.98 Å². The Hall–Kier alpha value is -1.43. The average molecular weight is 323 g/mol. The van der Waals surface area contributed by atoms with E-state index < -0.39 is 5.97 Å². The molecule has 1 aliphatic rings. The van der Waals surface area contributed by atoms with Crippen molar-refractivity contribution < 1.29 is 9.90 Å². The zero-order valence-corrected chi connectivity index (χ0v) is 14.7. The van der Waals surface area contributed by atoms with E-state index in [0.717, 1.165) is 18.3 Å². The van der Waals surface area contributed by atoms with Gasteiger partial charge in [0.1, 0.15) is 11.6 Å². The van der Waals surface area contributed by atoms with Gasteiger partial charge in [0.25, 0.3) is 0 Å². The lowest BCUT2D eigenvalue weighted by Crippen LogP contribution is -2.23. The fourth-order valence-electron chi connectivity index (χ4n) is 2.45. The van der Waals surface area contributed by atoms with Crippen LogP contribution < -0.4 is 9.21 Å². The Bertz CT molecular complexity index is 550. The average Bonchev–Trinajstić information content (AvgIpc) is 3.12. The first-order valence-electron chi connectivity index (χ1n) is 7.65. The first-order chi connectivity index (χ1) is 10.3. The maximum Gasteiger partial charge on any atom is 0.335 e. The number of nitrogens with zero attached hydrogens (tertiary/aromatic N) is 3. The van der Waals surface area contributed by atoms with Gasteiger partial charge in [-0.25, -0.2) is 9.78 Å². The van der Waals surface area contributed by atoms with Crippen LogP contribution in [0.5, 0.6) is 0 Å². The van der Waals surface area contributed by atoms with Gasteiger partial charge in [0.15, 0.2) is 0 Å². The van der Waals surface area contributed by atoms with E-state index in [1.165, 1.54) is 6.42 Å². The summed E-state index contributed by atoms with van der Waals surface area (Å²) in [5.41, 5.74) is 0.284. The van der Waals surface area contributed by atoms with Crippen LogP contribution in [0.3, 0.4) is 0 Å². The Morgan fingerprint density at radius 1 is 1.41 bits per heavy atom. The molecule has 2 rings (SSSR count). The minimum absolute atomic E-state index is 0.284. The molecule has 1 aliphatic carbocycles. The fraction of sp³-hybridized carbons (Fsp3) is 0.625. The number of anilines is 2. The van der Waals surface area contributed by atoms with Gasteiger partial charge in [-0.3, -0.25) is 0 Å². The van der Waals surface area contributed by atoms with Gasteiger partial charge in [-0.15, -0.1) is 0 Å². The SMILES string of the molecule is CC(C)SN(C)c1cc(C(=O)O)cc(N(C)CC2C[C@@H]2C)n1. The number of hydrogen-bond acceptors (Lipinski definition) is 5. The van der Waals surface area contributed by atoms with Gasteiger partial charge >= 0.3 is 5.97 Å². The van der Waals surface area contributed by atoms with Crippen LogP contribution in [0.25, 0.3) is 0 Å². The van der Waals surface area contributed by atoms with Gasteiger partial charge < -0.3 is 14.3 Å². The van der Waals surface area contributed by atoms with Gasteiger partial charge in [-0.1, -0.05) is 20.8 Å². The third-order valence-corrected chi connectivity index (χ3v) is 4.84. The monoisotopic (exact) mass is 323 g/mol. The van der Waals surface area contributed by atoms with Gasteiger partial charge in [0.2, 0.25) is 0 Å². The summed E-state index contributed by atoms with van der Waals surface area (Å²) in [4.78, 5) is 18.1. The lowest BCUT2D eigenvalue weighted by Gasteiger charge is -2.23. The predicted octanol–water partition coefficient (Wildman–Crippen LogP) is 3.36. The Balaban J connectivity index is 2.24. The Labute approximate surface area is 136 Å². The van der Waals surface area contributed by atoms with Crippen molar-refractivity contribution in [3.8, 4) is 0 Å². The van der Waals surface area contributed by atoms with Crippen LogP contribution in [-0.4, -0.2) is 41.9 Å². The van der Waals surface area contributed by atoms with E-state index >= 15 is 0 Å². The van der Waals surface area contributed by atoms with Crippen LogP contribution in [0.1, 0.15) is 37.6 Å². The van der Waals surface area contributed by atoms with E-state index in [1.54, 1.807) is 24.1 Å². The highest BCUT2D eigenvalue weighted by Crippen LogP contribution is 2.38. The van der Waals surface area contributed by atoms with Crippen LogP contribution in [0.2, 0.25) is 0 Å².